The number of nitrogen functional groups attached to an aromatic ring is 2. The van der Waals surface area contributed by atoms with Gasteiger partial charge in [0.15, 0.2) is 0 Å². The van der Waals surface area contributed by atoms with Crippen molar-refractivity contribution in [2.24, 2.45) is 0 Å². The fourth-order valence-corrected chi connectivity index (χ4v) is 2.66. The highest BCUT2D eigenvalue weighted by molar-refractivity contribution is 9.11. The molecule has 0 aliphatic rings. The minimum absolute atomic E-state index is 0.699. The van der Waals surface area contributed by atoms with Gasteiger partial charge in [0.1, 0.15) is 0 Å². The van der Waals surface area contributed by atoms with E-state index in [0.29, 0.717) is 11.4 Å². The molecule has 1 heterocycles. The maximum absolute atomic E-state index is 5.72. The Bertz CT molecular complexity index is 445. The number of hydrogen-bond acceptors (Lipinski definition) is 3. The maximum atomic E-state index is 5.72. The summed E-state index contributed by atoms with van der Waals surface area (Å²) < 4.78 is 1.11. The lowest BCUT2D eigenvalue weighted by molar-refractivity contribution is 1.66. The van der Waals surface area contributed by atoms with Crippen molar-refractivity contribution in [3.63, 3.8) is 0 Å². The third-order valence-electron chi connectivity index (χ3n) is 1.84. The van der Waals surface area contributed by atoms with Gasteiger partial charge in [0.25, 0.3) is 0 Å². The van der Waals surface area contributed by atoms with Crippen LogP contribution in [0.25, 0.3) is 10.4 Å². The molecule has 0 saturated heterocycles. The van der Waals surface area contributed by atoms with Crippen molar-refractivity contribution < 1.29 is 0 Å². The summed E-state index contributed by atoms with van der Waals surface area (Å²) in [5.74, 6) is 0. The van der Waals surface area contributed by atoms with E-state index in [2.05, 4.69) is 15.9 Å². The van der Waals surface area contributed by atoms with Gasteiger partial charge in [0, 0.05) is 16.3 Å². The summed E-state index contributed by atoms with van der Waals surface area (Å²) in [4.78, 5) is 1.16. The van der Waals surface area contributed by atoms with Gasteiger partial charge in [0.2, 0.25) is 0 Å². The van der Waals surface area contributed by atoms with Crippen LogP contribution in [0.2, 0.25) is 0 Å². The van der Waals surface area contributed by atoms with Crippen molar-refractivity contribution in [1.29, 1.82) is 0 Å². The van der Waals surface area contributed by atoms with E-state index in [9.17, 15) is 0 Å². The lowest BCUT2D eigenvalue weighted by Crippen LogP contribution is -1.90. The van der Waals surface area contributed by atoms with Crippen molar-refractivity contribution in [3.05, 3.63) is 34.1 Å². The number of rotatable bonds is 1. The summed E-state index contributed by atoms with van der Waals surface area (Å²) >= 11 is 5.09. The quantitative estimate of drug-likeness (QED) is 0.780. The molecule has 1 aromatic carbocycles. The highest BCUT2D eigenvalue weighted by Crippen LogP contribution is 2.33. The molecule has 0 atom stereocenters. The second-order valence-corrected chi connectivity index (χ2v) is 5.46. The smallest absolute Gasteiger partial charge is 0.0705 e. The van der Waals surface area contributed by atoms with E-state index in [0.717, 1.165) is 14.2 Å². The van der Waals surface area contributed by atoms with Gasteiger partial charge in [-0.3, -0.25) is 0 Å². The van der Waals surface area contributed by atoms with E-state index in [1.807, 2.05) is 24.3 Å². The molecular weight excluding hydrogens is 260 g/mol. The zero-order valence-electron chi connectivity index (χ0n) is 7.33. The minimum atomic E-state index is 0.699. The molecule has 0 aliphatic heterocycles. The Morgan fingerprint density at radius 3 is 2.14 bits per heavy atom. The summed E-state index contributed by atoms with van der Waals surface area (Å²) in [7, 11) is 0. The summed E-state index contributed by atoms with van der Waals surface area (Å²) in [6, 6.07) is 9.66. The van der Waals surface area contributed by atoms with Crippen LogP contribution in [-0.4, -0.2) is 0 Å². The first-order valence-corrected chi connectivity index (χ1v) is 5.68. The Morgan fingerprint density at radius 1 is 1.00 bits per heavy atom. The van der Waals surface area contributed by atoms with Gasteiger partial charge in [-0.1, -0.05) is 0 Å². The van der Waals surface area contributed by atoms with Crippen LogP contribution >= 0.6 is 27.3 Å². The molecule has 0 aliphatic carbocycles. The molecule has 0 radical (unpaired) electrons. The van der Waals surface area contributed by atoms with Crippen LogP contribution in [0.15, 0.2) is 34.1 Å². The van der Waals surface area contributed by atoms with Crippen molar-refractivity contribution in [3.8, 4) is 10.4 Å². The van der Waals surface area contributed by atoms with E-state index in [1.165, 1.54) is 0 Å². The number of hydrogen-bond donors (Lipinski definition) is 2. The maximum Gasteiger partial charge on any atom is 0.0705 e. The Balaban J connectivity index is 2.51. The fourth-order valence-electron chi connectivity index (χ4n) is 1.29. The number of halogens is 1. The predicted molar refractivity (Wildman–Crippen MR) is 66.3 cm³/mol. The summed E-state index contributed by atoms with van der Waals surface area (Å²) in [6.07, 6.45) is 0. The third-order valence-corrected chi connectivity index (χ3v) is 3.51. The molecule has 0 fully saturated rings. The first-order valence-electron chi connectivity index (χ1n) is 4.07. The van der Waals surface area contributed by atoms with Gasteiger partial charge in [-0.15, -0.1) is 11.3 Å². The number of thiophene rings is 1. The number of nitrogens with two attached hydrogens (primary N) is 2. The first kappa shape index (κ1) is 9.55. The van der Waals surface area contributed by atoms with E-state index < -0.39 is 0 Å². The summed E-state index contributed by atoms with van der Waals surface area (Å²) in [5.41, 5.74) is 13.9. The Hall–Kier alpha value is -1.000. The zero-order chi connectivity index (χ0) is 10.1. The van der Waals surface area contributed by atoms with Crippen LogP contribution in [-0.2, 0) is 0 Å². The fraction of sp³-hybridized carbons (Fsp3) is 0. The lowest BCUT2D eigenvalue weighted by atomic mass is 10.1. The standard InChI is InChI=1S/C10H9BrN2S/c11-10-2-1-9(14-10)6-3-7(12)5-8(13)4-6/h1-5H,12-13H2. The van der Waals surface area contributed by atoms with Gasteiger partial charge in [0.05, 0.1) is 3.79 Å². The van der Waals surface area contributed by atoms with Crippen LogP contribution in [0.3, 0.4) is 0 Å². The monoisotopic (exact) mass is 268 g/mol. The molecule has 0 unspecified atom stereocenters. The van der Waals surface area contributed by atoms with Gasteiger partial charge in [-0.05, 0) is 51.8 Å². The Morgan fingerprint density at radius 2 is 1.64 bits per heavy atom. The number of benzene rings is 1. The molecule has 0 amide bonds. The molecule has 14 heavy (non-hydrogen) atoms. The predicted octanol–water partition coefficient (Wildman–Crippen LogP) is 3.34. The van der Waals surface area contributed by atoms with Crippen LogP contribution in [0.1, 0.15) is 0 Å². The van der Waals surface area contributed by atoms with Crippen LogP contribution in [0.4, 0.5) is 11.4 Å². The van der Waals surface area contributed by atoms with Crippen LogP contribution < -0.4 is 11.5 Å². The van der Waals surface area contributed by atoms with Crippen LogP contribution in [0.5, 0.6) is 0 Å². The van der Waals surface area contributed by atoms with Gasteiger partial charge in [-0.25, -0.2) is 0 Å². The molecule has 4 N–H and O–H groups in total. The molecule has 0 spiro atoms. The van der Waals surface area contributed by atoms with Gasteiger partial charge in [-0.2, -0.15) is 0 Å². The van der Waals surface area contributed by atoms with E-state index in [1.54, 1.807) is 17.4 Å². The lowest BCUT2D eigenvalue weighted by Gasteiger charge is -2.01. The topological polar surface area (TPSA) is 52.0 Å². The highest BCUT2D eigenvalue weighted by Gasteiger charge is 2.02. The van der Waals surface area contributed by atoms with Crippen molar-refractivity contribution in [2.75, 3.05) is 11.5 Å². The second-order valence-electron chi connectivity index (χ2n) is 2.99. The zero-order valence-corrected chi connectivity index (χ0v) is 9.73. The SMILES string of the molecule is Nc1cc(N)cc(-c2ccc(Br)s2)c1. The molecule has 1 aromatic heterocycles. The van der Waals surface area contributed by atoms with Crippen molar-refractivity contribution >= 4 is 38.6 Å². The van der Waals surface area contributed by atoms with Crippen molar-refractivity contribution in [2.45, 2.75) is 0 Å². The van der Waals surface area contributed by atoms with Gasteiger partial charge >= 0.3 is 0 Å². The molecule has 2 rings (SSSR count). The average molecular weight is 269 g/mol. The Kier molecular flexibility index (Phi) is 2.48. The molecular formula is C10H9BrN2S. The summed E-state index contributed by atoms with van der Waals surface area (Å²) in [6.45, 7) is 0. The largest absolute Gasteiger partial charge is 0.399 e. The molecule has 0 bridgehead atoms. The molecule has 72 valence electrons. The minimum Gasteiger partial charge on any atom is -0.399 e. The average Bonchev–Trinajstić information content (AvgIpc) is 2.50. The molecule has 4 heteroatoms. The van der Waals surface area contributed by atoms with E-state index >= 15 is 0 Å². The Labute approximate surface area is 94.7 Å². The van der Waals surface area contributed by atoms with E-state index in [-0.39, 0.29) is 0 Å². The highest BCUT2D eigenvalue weighted by atomic mass is 79.9. The third kappa shape index (κ3) is 1.91. The van der Waals surface area contributed by atoms with Gasteiger partial charge < -0.3 is 11.5 Å². The summed E-state index contributed by atoms with van der Waals surface area (Å²) in [5, 5.41) is 0. The molecule has 2 aromatic rings. The first-order chi connectivity index (χ1) is 6.65. The second kappa shape index (κ2) is 3.63. The van der Waals surface area contributed by atoms with E-state index in [4.69, 9.17) is 11.5 Å². The number of anilines is 2. The molecule has 0 saturated carbocycles. The molecule has 2 nitrogen and oxygen atoms in total. The van der Waals surface area contributed by atoms with Crippen molar-refractivity contribution in [1.82, 2.24) is 0 Å². The van der Waals surface area contributed by atoms with Crippen LogP contribution in [0, 0.1) is 0 Å². The normalized spacial score (nSPS) is 10.4.